The molecule has 48 heavy (non-hydrogen) atoms. The molecule has 3 atom stereocenters. The lowest BCUT2D eigenvalue weighted by Gasteiger charge is -2.34. The molecular formula is C36H52N2O8S2. The number of rotatable bonds is 16. The van der Waals surface area contributed by atoms with E-state index in [-0.39, 0.29) is 18.1 Å². The van der Waals surface area contributed by atoms with E-state index in [0.29, 0.717) is 23.5 Å². The van der Waals surface area contributed by atoms with E-state index in [1.54, 1.807) is 79.8 Å². The molecule has 0 aliphatic heterocycles. The minimum atomic E-state index is -1.37. The monoisotopic (exact) mass is 704 g/mol. The van der Waals surface area contributed by atoms with Crippen molar-refractivity contribution in [3.05, 3.63) is 54.1 Å². The molecule has 0 bridgehead atoms. The fourth-order valence-electron chi connectivity index (χ4n) is 4.67. The second-order valence-electron chi connectivity index (χ2n) is 14.2. The number of ether oxygens (including phenoxy) is 4. The Morgan fingerprint density at radius 1 is 0.771 bits per heavy atom. The van der Waals surface area contributed by atoms with Gasteiger partial charge in [-0.3, -0.25) is 14.4 Å². The summed E-state index contributed by atoms with van der Waals surface area (Å²) in [5, 5.41) is 5.86. The second kappa shape index (κ2) is 17.9. The summed E-state index contributed by atoms with van der Waals surface area (Å²) >= 11 is 0. The van der Waals surface area contributed by atoms with Crippen molar-refractivity contribution in [1.29, 1.82) is 0 Å². The molecule has 2 aromatic rings. The van der Waals surface area contributed by atoms with E-state index in [2.05, 4.69) is 10.6 Å². The van der Waals surface area contributed by atoms with Crippen LogP contribution in [0.3, 0.4) is 0 Å². The van der Waals surface area contributed by atoms with Gasteiger partial charge in [-0.25, -0.2) is 4.79 Å². The number of esters is 2. The lowest BCUT2D eigenvalue weighted by molar-refractivity contribution is -0.166. The highest BCUT2D eigenvalue weighted by Crippen LogP contribution is 2.40. The molecular weight excluding hydrogens is 653 g/mol. The summed E-state index contributed by atoms with van der Waals surface area (Å²) < 4.78 is 22.2. The molecule has 0 saturated carbocycles. The van der Waals surface area contributed by atoms with Gasteiger partial charge in [-0.2, -0.15) is 0 Å². The maximum absolute atomic E-state index is 14.1. The normalized spacial score (nSPS) is 14.2. The number of carbonyl (C=O) groups is 4. The van der Waals surface area contributed by atoms with Gasteiger partial charge in [-0.15, -0.1) is 0 Å². The van der Waals surface area contributed by atoms with Crippen molar-refractivity contribution in [3.63, 3.8) is 0 Å². The lowest BCUT2D eigenvalue weighted by Crippen LogP contribution is -2.54. The van der Waals surface area contributed by atoms with Crippen LogP contribution in [0.5, 0.6) is 11.5 Å². The first-order chi connectivity index (χ1) is 22.3. The van der Waals surface area contributed by atoms with Gasteiger partial charge in [0.05, 0.1) is 24.7 Å². The Morgan fingerprint density at radius 3 is 1.88 bits per heavy atom. The van der Waals surface area contributed by atoms with Crippen molar-refractivity contribution < 1.29 is 38.1 Å². The van der Waals surface area contributed by atoms with Crippen molar-refractivity contribution in [2.45, 2.75) is 103 Å². The predicted molar refractivity (Wildman–Crippen MR) is 191 cm³/mol. The van der Waals surface area contributed by atoms with Gasteiger partial charge in [0.15, 0.2) is 0 Å². The molecule has 0 aliphatic rings. The Labute approximate surface area is 293 Å². The maximum atomic E-state index is 14.1. The van der Waals surface area contributed by atoms with Crippen LogP contribution in [0.4, 0.5) is 0 Å². The first kappa shape index (κ1) is 40.8. The highest BCUT2D eigenvalue weighted by Gasteiger charge is 2.41. The standard InChI is InChI=1S/C36H52N2O8S2/c1-23(2)20-26(33(42)46-35(6,7)8)37-30(39)25(32(41)45-34(3,4)5)21-36(9,22-47-48-29-19-15-14-18-28(29)44-11)38-31(40)24-16-12-13-17-27(24)43-10/h12-19,23,25-26H,20-22H2,1-11H3,(H,37,39)(H,38,40). The molecule has 10 nitrogen and oxygen atoms in total. The van der Waals surface area contributed by atoms with Crippen LogP contribution in [0.25, 0.3) is 0 Å². The van der Waals surface area contributed by atoms with Gasteiger partial charge in [0.1, 0.15) is 34.7 Å². The molecule has 2 N–H and O–H groups in total. The van der Waals surface area contributed by atoms with Gasteiger partial charge in [0.25, 0.3) is 5.91 Å². The summed E-state index contributed by atoms with van der Waals surface area (Å²) in [6.45, 7) is 16.0. The third-order valence-corrected chi connectivity index (χ3v) is 9.37. The summed E-state index contributed by atoms with van der Waals surface area (Å²) in [5.74, 6) is -2.48. The molecule has 266 valence electrons. The van der Waals surface area contributed by atoms with Crippen LogP contribution in [0.15, 0.2) is 53.4 Å². The van der Waals surface area contributed by atoms with Crippen LogP contribution in [0, 0.1) is 11.8 Å². The smallest absolute Gasteiger partial charge is 0.329 e. The van der Waals surface area contributed by atoms with E-state index < -0.39 is 52.5 Å². The lowest BCUT2D eigenvalue weighted by atomic mass is 9.88. The van der Waals surface area contributed by atoms with Gasteiger partial charge in [0.2, 0.25) is 5.91 Å². The second-order valence-corrected chi connectivity index (χ2v) is 16.6. The van der Waals surface area contributed by atoms with Crippen molar-refractivity contribution in [1.82, 2.24) is 10.6 Å². The number of hydrogen-bond donors (Lipinski definition) is 2. The fraction of sp³-hybridized carbons (Fsp3) is 0.556. The number of benzene rings is 2. The van der Waals surface area contributed by atoms with E-state index in [1.165, 1.54) is 28.7 Å². The Morgan fingerprint density at radius 2 is 1.31 bits per heavy atom. The summed E-state index contributed by atoms with van der Waals surface area (Å²) in [5.41, 5.74) is -2.51. The Bertz CT molecular complexity index is 1400. The van der Waals surface area contributed by atoms with Crippen LogP contribution in [-0.2, 0) is 23.9 Å². The van der Waals surface area contributed by atoms with Gasteiger partial charge in [0, 0.05) is 11.3 Å². The quantitative estimate of drug-likeness (QED) is 0.109. The van der Waals surface area contributed by atoms with Crippen LogP contribution >= 0.6 is 21.6 Å². The minimum Gasteiger partial charge on any atom is -0.496 e. The molecule has 2 rings (SSSR count). The highest BCUT2D eigenvalue weighted by atomic mass is 33.1. The molecule has 3 unspecified atom stereocenters. The van der Waals surface area contributed by atoms with E-state index in [0.717, 1.165) is 4.90 Å². The van der Waals surface area contributed by atoms with E-state index in [9.17, 15) is 19.2 Å². The van der Waals surface area contributed by atoms with Gasteiger partial charge >= 0.3 is 11.9 Å². The SMILES string of the molecule is COc1ccccc1SSCC(C)(CC(C(=O)NC(CC(C)C)C(=O)OC(C)(C)C)C(=O)OC(C)(C)C)NC(=O)c1ccccc1OC. The number of methoxy groups -OCH3 is 2. The molecule has 0 aliphatic carbocycles. The average Bonchev–Trinajstić information content (AvgIpc) is 2.97. The van der Waals surface area contributed by atoms with Gasteiger partial charge < -0.3 is 29.6 Å². The zero-order chi connectivity index (χ0) is 36.3. The Kier molecular flexibility index (Phi) is 15.2. The first-order valence-electron chi connectivity index (χ1n) is 15.9. The van der Waals surface area contributed by atoms with Crippen molar-refractivity contribution in [3.8, 4) is 11.5 Å². The fourth-order valence-corrected chi connectivity index (χ4v) is 7.42. The van der Waals surface area contributed by atoms with Crippen molar-refractivity contribution in [2.75, 3.05) is 20.0 Å². The average molecular weight is 705 g/mol. The number of hydrogen-bond acceptors (Lipinski definition) is 10. The third-order valence-electron chi connectivity index (χ3n) is 6.74. The van der Waals surface area contributed by atoms with E-state index >= 15 is 0 Å². The third kappa shape index (κ3) is 13.6. The molecule has 0 aromatic heterocycles. The number of carbonyl (C=O) groups excluding carboxylic acids is 4. The summed E-state index contributed by atoms with van der Waals surface area (Å²) in [6.07, 6.45) is 0.172. The predicted octanol–water partition coefficient (Wildman–Crippen LogP) is 6.85. The molecule has 0 fully saturated rings. The van der Waals surface area contributed by atoms with E-state index in [1.807, 2.05) is 38.1 Å². The molecule has 0 radical (unpaired) electrons. The molecule has 2 aromatic carbocycles. The molecule has 2 amide bonds. The topological polar surface area (TPSA) is 129 Å². The van der Waals surface area contributed by atoms with Crippen LogP contribution in [0.2, 0.25) is 0 Å². The minimum absolute atomic E-state index is 0.0385. The summed E-state index contributed by atoms with van der Waals surface area (Å²) in [7, 11) is 5.95. The molecule has 12 heteroatoms. The van der Waals surface area contributed by atoms with Crippen LogP contribution in [-0.4, -0.2) is 66.5 Å². The van der Waals surface area contributed by atoms with E-state index in [4.69, 9.17) is 18.9 Å². The molecule has 0 saturated heterocycles. The maximum Gasteiger partial charge on any atom is 0.329 e. The van der Waals surface area contributed by atoms with Crippen LogP contribution < -0.4 is 20.1 Å². The summed E-state index contributed by atoms with van der Waals surface area (Å²) in [4.78, 5) is 55.6. The largest absolute Gasteiger partial charge is 0.496 e. The molecule has 0 heterocycles. The Balaban J connectivity index is 2.51. The van der Waals surface area contributed by atoms with Gasteiger partial charge in [-0.05, 0) is 91.5 Å². The Hall–Kier alpha value is -3.38. The first-order valence-corrected chi connectivity index (χ1v) is 18.2. The zero-order valence-electron chi connectivity index (χ0n) is 30.1. The number of nitrogens with one attached hydrogen (secondary N) is 2. The zero-order valence-corrected chi connectivity index (χ0v) is 31.7. The molecule has 0 spiro atoms. The highest BCUT2D eigenvalue weighted by molar-refractivity contribution is 8.76. The number of para-hydroxylation sites is 2. The van der Waals surface area contributed by atoms with Crippen molar-refractivity contribution in [2.24, 2.45) is 11.8 Å². The summed E-state index contributed by atoms with van der Waals surface area (Å²) in [6, 6.07) is 13.4. The number of amides is 2. The van der Waals surface area contributed by atoms with Crippen LogP contribution in [0.1, 0.15) is 85.5 Å². The van der Waals surface area contributed by atoms with Gasteiger partial charge in [-0.1, -0.05) is 59.7 Å². The van der Waals surface area contributed by atoms with Crippen molar-refractivity contribution >= 4 is 45.3 Å².